The quantitative estimate of drug-likeness (QED) is 0.0704. The number of rotatable bonds is 5. The number of piperazine rings is 1. The highest BCUT2D eigenvalue weighted by Gasteiger charge is 2.50. The van der Waals surface area contributed by atoms with Gasteiger partial charge in [-0.2, -0.15) is 5.10 Å². The van der Waals surface area contributed by atoms with Crippen molar-refractivity contribution in [1.29, 1.82) is 0 Å². The first-order valence-electron chi connectivity index (χ1n) is 21.9. The Morgan fingerprint density at radius 1 is 0.921 bits per heavy atom. The fourth-order valence-electron chi connectivity index (χ4n) is 9.47. The van der Waals surface area contributed by atoms with Crippen molar-refractivity contribution >= 4 is 40.3 Å². The lowest BCUT2D eigenvalue weighted by molar-refractivity contribution is -0.160. The van der Waals surface area contributed by atoms with Gasteiger partial charge in [0.1, 0.15) is 23.4 Å². The lowest BCUT2D eigenvalue weighted by Gasteiger charge is -2.38. The average molecular weight is 878 g/mol. The number of carbonyl (C=O) groups excluding carboxylic acids is 3. The van der Waals surface area contributed by atoms with Gasteiger partial charge in [-0.25, -0.2) is 0 Å². The number of anilines is 1. The molecular formula is C47H64N4O12. The molecular weight excluding hydrogens is 814 g/mol. The number of nitrogens with one attached hydrogen (secondary N) is 1. The largest absolute Gasteiger partial charge is 0.507 e. The van der Waals surface area contributed by atoms with Gasteiger partial charge in [-0.15, -0.1) is 0 Å². The Morgan fingerprint density at radius 2 is 1.59 bits per heavy atom. The first-order chi connectivity index (χ1) is 29.8. The molecule has 4 aliphatic heterocycles. The van der Waals surface area contributed by atoms with Crippen molar-refractivity contribution in [2.24, 2.45) is 28.8 Å². The van der Waals surface area contributed by atoms with E-state index in [4.69, 9.17) is 18.9 Å². The van der Waals surface area contributed by atoms with Crippen molar-refractivity contribution in [2.45, 2.75) is 117 Å². The van der Waals surface area contributed by atoms with Crippen LogP contribution in [-0.4, -0.2) is 129 Å². The molecule has 1 saturated carbocycles. The third kappa shape index (κ3) is 9.40. The Kier molecular flexibility index (Phi) is 14.5. The predicted octanol–water partition coefficient (Wildman–Crippen LogP) is 5.65. The number of ketones is 1. The van der Waals surface area contributed by atoms with Crippen LogP contribution in [0.25, 0.3) is 10.8 Å². The molecule has 1 saturated heterocycles. The van der Waals surface area contributed by atoms with Gasteiger partial charge in [0.25, 0.3) is 11.7 Å². The minimum Gasteiger partial charge on any atom is -0.507 e. The summed E-state index contributed by atoms with van der Waals surface area (Å²) in [7, 11) is 1.44. The molecule has 0 aromatic heterocycles. The molecule has 2 fully saturated rings. The number of nitrogens with zero attached hydrogens (tertiary/aromatic N) is 3. The monoisotopic (exact) mass is 877 g/mol. The maximum atomic E-state index is 14.5. The van der Waals surface area contributed by atoms with E-state index in [0.717, 1.165) is 13.1 Å². The maximum Gasteiger partial charge on any atom is 0.312 e. The topological polar surface area (TPSA) is 220 Å². The van der Waals surface area contributed by atoms with E-state index in [0.29, 0.717) is 19.1 Å². The number of hydrazone groups is 1. The third-order valence-electron chi connectivity index (χ3n) is 13.5. The van der Waals surface area contributed by atoms with Crippen LogP contribution in [0.3, 0.4) is 0 Å². The smallest absolute Gasteiger partial charge is 0.312 e. The number of ether oxygens (including phenoxy) is 4. The molecule has 1 amide bonds. The lowest BCUT2D eigenvalue weighted by atomic mass is 9.78. The summed E-state index contributed by atoms with van der Waals surface area (Å²) >= 11 is 0. The number of Topliss-reactive ketones (excluding diaryl/α,β-unsaturated/α-hetero) is 1. The number of methoxy groups -OCH3 is 1. The van der Waals surface area contributed by atoms with E-state index in [1.54, 1.807) is 39.8 Å². The lowest BCUT2D eigenvalue weighted by Crippen LogP contribution is -2.47. The molecule has 5 bridgehead atoms. The standard InChI is InChI=1S/C47H64N4O12/c1-24-13-12-14-25(2)46(59)49-37-32(23-48-51-20-18-50(19-21-51)31-15-10-11-16-31)41(56)34-35(42(37)57)40(55)29(6)44-36(34)45(58)47(8,63-44)61-22-17-33(60-9)26(3)43(62-30(7)52)28(5)39(54)27(4)38(24)53/h12-14,17,22-24,26-28,31,33,38-39,43,53-57H,10-11,15-16,18-21H2,1-9H3,(H,49,59)/t24-,26+,27+,28+,33-,38-,39+,43+,47-/m0/s1/i48+1. The number of benzene rings is 2. The normalized spacial score (nSPS) is 30.5. The number of phenols is 3. The summed E-state index contributed by atoms with van der Waals surface area (Å²) in [5, 5.41) is 67.6. The van der Waals surface area contributed by atoms with Crippen LogP contribution in [0.1, 0.15) is 95.6 Å². The number of aromatic hydroxyl groups is 3. The zero-order chi connectivity index (χ0) is 46.1. The van der Waals surface area contributed by atoms with Gasteiger partial charge >= 0.3 is 11.8 Å². The van der Waals surface area contributed by atoms with Crippen molar-refractivity contribution < 1.29 is 58.9 Å². The molecule has 4 heterocycles. The van der Waals surface area contributed by atoms with Gasteiger partial charge in [0.15, 0.2) is 5.75 Å². The minimum absolute atomic E-state index is 0.0631. The summed E-state index contributed by atoms with van der Waals surface area (Å²) in [5.41, 5.74) is -0.293. The number of allylic oxidation sites excluding steroid dienone is 2. The second-order valence-electron chi connectivity index (χ2n) is 17.8. The number of aliphatic hydroxyl groups excluding tert-OH is 2. The summed E-state index contributed by atoms with van der Waals surface area (Å²) in [6, 6.07) is 0.553. The number of esters is 1. The van der Waals surface area contributed by atoms with Crippen LogP contribution >= 0.6 is 0 Å². The highest BCUT2D eigenvalue weighted by atomic mass is 16.7. The molecule has 2 aromatic rings. The van der Waals surface area contributed by atoms with Crippen LogP contribution in [0.5, 0.6) is 23.0 Å². The molecule has 9 atom stereocenters. The zero-order valence-electron chi connectivity index (χ0n) is 37.8. The van der Waals surface area contributed by atoms with E-state index < -0.39 is 88.8 Å². The van der Waals surface area contributed by atoms with Crippen molar-refractivity contribution in [3.8, 4) is 23.0 Å². The van der Waals surface area contributed by atoms with Crippen molar-refractivity contribution in [3.63, 3.8) is 0 Å². The molecule has 16 nitrogen and oxygen atoms in total. The van der Waals surface area contributed by atoms with Gasteiger partial charge < -0.3 is 49.8 Å². The Labute approximate surface area is 368 Å². The van der Waals surface area contributed by atoms with Gasteiger partial charge in [0.05, 0.1) is 53.0 Å². The molecule has 16 heteroatoms. The number of phenolic OH excluding ortho intramolecular Hbond substituents is 3. The second kappa shape index (κ2) is 19.3. The first-order valence-corrected chi connectivity index (χ1v) is 21.9. The molecule has 5 aliphatic rings. The first kappa shape index (κ1) is 47.3. The number of hydrogen-bond acceptors (Lipinski definition) is 15. The van der Waals surface area contributed by atoms with E-state index in [2.05, 4.69) is 15.3 Å². The summed E-state index contributed by atoms with van der Waals surface area (Å²) in [5.74, 6) is -8.28. The molecule has 1 aliphatic carbocycles. The summed E-state index contributed by atoms with van der Waals surface area (Å²) in [6.45, 7) is 15.4. The van der Waals surface area contributed by atoms with Gasteiger partial charge in [-0.3, -0.25) is 24.3 Å². The van der Waals surface area contributed by atoms with E-state index in [1.807, 2.05) is 5.01 Å². The number of fused-ring (bicyclic) bond motifs is 14. The Hall–Kier alpha value is -5.16. The summed E-state index contributed by atoms with van der Waals surface area (Å²) in [6.07, 6.45) is 9.75. The van der Waals surface area contributed by atoms with Crippen LogP contribution < -0.4 is 10.1 Å². The van der Waals surface area contributed by atoms with Crippen LogP contribution in [-0.2, 0) is 23.8 Å². The van der Waals surface area contributed by atoms with E-state index >= 15 is 0 Å². The SMILES string of the molecule is CO[C@H]1C=CO[C@@]2(C)Oc3c(C)c(O)c4c(O)c(c(C=[15N]N5CCN(C6CCCC6)CC5)c(O)c4c3C2=O)NC(=O)C(C)=CC=C[C@H](C)[C@H](O)[C@@H](C)[C@@H](O)[C@@H](C)[C@H](OC(C)=O)[C@@H]1C. The van der Waals surface area contributed by atoms with Crippen molar-refractivity contribution in [1.82, 2.24) is 9.91 Å². The molecule has 63 heavy (non-hydrogen) atoms. The third-order valence-corrected chi connectivity index (χ3v) is 13.5. The van der Waals surface area contributed by atoms with Gasteiger partial charge in [0, 0.05) is 93.4 Å². The zero-order valence-corrected chi connectivity index (χ0v) is 37.8. The molecule has 344 valence electrons. The fourth-order valence-corrected chi connectivity index (χ4v) is 9.47. The van der Waals surface area contributed by atoms with Gasteiger partial charge in [0.2, 0.25) is 0 Å². The molecule has 0 radical (unpaired) electrons. The maximum absolute atomic E-state index is 14.5. The molecule has 2 aromatic carbocycles. The number of carbonyl (C=O) groups is 3. The van der Waals surface area contributed by atoms with Crippen molar-refractivity contribution in [2.75, 3.05) is 38.6 Å². The summed E-state index contributed by atoms with van der Waals surface area (Å²) in [4.78, 5) is 43.2. The van der Waals surface area contributed by atoms with Gasteiger partial charge in [-0.1, -0.05) is 58.8 Å². The van der Waals surface area contributed by atoms with E-state index in [9.17, 15) is 39.9 Å². The molecule has 7 rings (SSSR count). The van der Waals surface area contributed by atoms with Crippen LogP contribution in [0.4, 0.5) is 5.69 Å². The van der Waals surface area contributed by atoms with E-state index in [1.165, 1.54) is 85.1 Å². The van der Waals surface area contributed by atoms with Gasteiger partial charge in [-0.05, 0) is 32.8 Å². The average Bonchev–Trinajstić information content (AvgIpc) is 3.89. The second-order valence-corrected chi connectivity index (χ2v) is 17.8. The van der Waals surface area contributed by atoms with E-state index in [-0.39, 0.29) is 44.5 Å². The number of amides is 1. The molecule has 0 unspecified atom stereocenters. The Morgan fingerprint density at radius 3 is 2.22 bits per heavy atom. The highest BCUT2D eigenvalue weighted by molar-refractivity contribution is 6.23. The van der Waals surface area contributed by atoms with Crippen LogP contribution in [0, 0.1) is 30.6 Å². The highest BCUT2D eigenvalue weighted by Crippen LogP contribution is 2.55. The Balaban J connectivity index is 1.47. The summed E-state index contributed by atoms with van der Waals surface area (Å²) < 4.78 is 23.7. The number of hydrogen-bond donors (Lipinski definition) is 6. The number of aliphatic hydroxyl groups is 2. The van der Waals surface area contributed by atoms with Crippen molar-refractivity contribution in [3.05, 3.63) is 52.8 Å². The predicted molar refractivity (Wildman–Crippen MR) is 237 cm³/mol. The Bertz CT molecular complexity index is 2190. The van der Waals surface area contributed by atoms with Crippen LogP contribution in [0.2, 0.25) is 0 Å². The molecule has 0 spiro atoms. The minimum atomic E-state index is -2.04. The fraction of sp³-hybridized carbons (Fsp3) is 0.574. The van der Waals surface area contributed by atoms with Crippen LogP contribution in [0.15, 0.2) is 41.2 Å². The molecule has 6 N–H and O–H groups in total.